The van der Waals surface area contributed by atoms with Gasteiger partial charge in [0.15, 0.2) is 10.8 Å². The molecule has 0 aromatic carbocycles. The van der Waals surface area contributed by atoms with Crippen LogP contribution in [0.25, 0.3) is 0 Å². The average molecular weight is 395 g/mol. The highest BCUT2D eigenvalue weighted by molar-refractivity contribution is 7.11. The molecule has 2 N–H and O–H groups in total. The van der Waals surface area contributed by atoms with Crippen molar-refractivity contribution in [1.82, 2.24) is 9.88 Å². The summed E-state index contributed by atoms with van der Waals surface area (Å²) in [6.07, 6.45) is 2.33. The number of nitrogens with two attached hydrogens (primary N) is 1. The number of hydrogen-bond donors (Lipinski definition) is 1. The molecule has 0 saturated carbocycles. The van der Waals surface area contributed by atoms with Crippen LogP contribution >= 0.6 is 34.3 Å². The van der Waals surface area contributed by atoms with Gasteiger partial charge in [0, 0.05) is 36.3 Å². The fraction of sp³-hybridized carbons (Fsp3) is 0.312. The average Bonchev–Trinajstić information content (AvgIpc) is 3.32. The smallest absolute Gasteiger partial charge is 0.338 e. The molecule has 4 rings (SSSR count). The van der Waals surface area contributed by atoms with Crippen molar-refractivity contribution in [1.29, 1.82) is 0 Å². The van der Waals surface area contributed by atoms with E-state index >= 15 is 0 Å². The van der Waals surface area contributed by atoms with Crippen LogP contribution in [0, 0.1) is 0 Å². The van der Waals surface area contributed by atoms with Gasteiger partial charge in [0.25, 0.3) is 0 Å². The quantitative estimate of drug-likeness (QED) is 0.809. The van der Waals surface area contributed by atoms with Crippen LogP contribution in [0.2, 0.25) is 5.02 Å². The Labute approximate surface area is 157 Å². The molecule has 2 atom stereocenters. The van der Waals surface area contributed by atoms with Crippen molar-refractivity contribution in [3.63, 3.8) is 0 Å². The number of methoxy groups -OCH3 is 1. The summed E-state index contributed by atoms with van der Waals surface area (Å²) in [4.78, 5) is 24.6. The first-order chi connectivity index (χ1) is 12.1. The van der Waals surface area contributed by atoms with Crippen molar-refractivity contribution in [2.24, 2.45) is 10.7 Å². The van der Waals surface area contributed by atoms with Gasteiger partial charge in [0.1, 0.15) is 6.04 Å². The number of thiazole rings is 1. The Kier molecular flexibility index (Phi) is 4.36. The van der Waals surface area contributed by atoms with Crippen molar-refractivity contribution in [2.75, 3.05) is 13.7 Å². The van der Waals surface area contributed by atoms with Gasteiger partial charge in [0.05, 0.1) is 22.6 Å². The van der Waals surface area contributed by atoms with Gasteiger partial charge in [-0.3, -0.25) is 4.99 Å². The Morgan fingerprint density at radius 1 is 1.44 bits per heavy atom. The lowest BCUT2D eigenvalue weighted by molar-refractivity contribution is -0.136. The van der Waals surface area contributed by atoms with E-state index in [1.54, 1.807) is 6.20 Å². The Morgan fingerprint density at radius 2 is 2.28 bits per heavy atom. The van der Waals surface area contributed by atoms with Crippen LogP contribution in [-0.2, 0) is 9.53 Å². The standard InChI is InChI=1S/C16H15ClN4O2S2/c1-23-16(22)11-10-6-8(18)7-21(10)14(15-19-3-5-25-15)20-12(11)13-9(17)2-4-24-13/h2-5,8,12H,6-7,18H2,1H3/t8-,12?/m0/s1. The van der Waals surface area contributed by atoms with Crippen LogP contribution < -0.4 is 5.73 Å². The predicted octanol–water partition coefficient (Wildman–Crippen LogP) is 2.82. The molecule has 6 nitrogen and oxygen atoms in total. The van der Waals surface area contributed by atoms with Gasteiger partial charge in [0.2, 0.25) is 0 Å². The summed E-state index contributed by atoms with van der Waals surface area (Å²) in [5, 5.41) is 5.19. The summed E-state index contributed by atoms with van der Waals surface area (Å²) < 4.78 is 5.04. The van der Waals surface area contributed by atoms with Crippen LogP contribution in [0.3, 0.4) is 0 Å². The molecule has 1 fully saturated rings. The molecule has 0 aliphatic carbocycles. The number of thiophene rings is 1. The molecule has 1 unspecified atom stereocenters. The molecule has 1 saturated heterocycles. The lowest BCUT2D eigenvalue weighted by atomic mass is 9.99. The fourth-order valence-electron chi connectivity index (χ4n) is 3.19. The van der Waals surface area contributed by atoms with Gasteiger partial charge < -0.3 is 15.4 Å². The van der Waals surface area contributed by atoms with Crippen LogP contribution in [0.5, 0.6) is 0 Å². The van der Waals surface area contributed by atoms with Crippen molar-refractivity contribution < 1.29 is 9.53 Å². The monoisotopic (exact) mass is 394 g/mol. The van der Waals surface area contributed by atoms with E-state index in [1.807, 2.05) is 21.7 Å². The maximum Gasteiger partial charge on any atom is 0.338 e. The molecule has 25 heavy (non-hydrogen) atoms. The van der Waals surface area contributed by atoms with E-state index < -0.39 is 12.0 Å². The molecule has 130 valence electrons. The zero-order chi connectivity index (χ0) is 17.6. The van der Waals surface area contributed by atoms with Gasteiger partial charge in [-0.1, -0.05) is 11.6 Å². The second kappa shape index (κ2) is 6.53. The summed E-state index contributed by atoms with van der Waals surface area (Å²) in [5.41, 5.74) is 7.55. The molecule has 2 aliphatic heterocycles. The van der Waals surface area contributed by atoms with E-state index in [9.17, 15) is 4.79 Å². The van der Waals surface area contributed by atoms with Crippen LogP contribution in [0.15, 0.2) is 39.3 Å². The third-order valence-electron chi connectivity index (χ3n) is 4.21. The summed E-state index contributed by atoms with van der Waals surface area (Å²) in [6.45, 7) is 0.596. The second-order valence-electron chi connectivity index (χ2n) is 5.75. The predicted molar refractivity (Wildman–Crippen MR) is 99.1 cm³/mol. The molecule has 4 heterocycles. The Bertz CT molecular complexity index is 875. The number of carbonyl (C=O) groups excluding carboxylic acids is 1. The van der Waals surface area contributed by atoms with Crippen molar-refractivity contribution in [3.8, 4) is 0 Å². The van der Waals surface area contributed by atoms with Crippen molar-refractivity contribution in [3.05, 3.63) is 49.2 Å². The first kappa shape index (κ1) is 16.7. The number of aromatic nitrogens is 1. The van der Waals surface area contributed by atoms with Crippen LogP contribution in [0.4, 0.5) is 0 Å². The summed E-state index contributed by atoms with van der Waals surface area (Å²) in [7, 11) is 1.38. The number of fused-ring (bicyclic) bond motifs is 1. The lowest BCUT2D eigenvalue weighted by Crippen LogP contribution is -2.36. The molecule has 2 aromatic rings. The molecule has 2 aromatic heterocycles. The Hall–Kier alpha value is -1.74. The van der Waals surface area contributed by atoms with Crippen molar-refractivity contribution >= 4 is 46.1 Å². The number of halogens is 1. The number of nitrogens with zero attached hydrogens (tertiary/aromatic N) is 3. The fourth-order valence-corrected chi connectivity index (χ4v) is 5.03. The number of esters is 1. The first-order valence-electron chi connectivity index (χ1n) is 7.65. The van der Waals surface area contributed by atoms with Crippen molar-refractivity contribution in [2.45, 2.75) is 18.5 Å². The number of amidine groups is 1. The van der Waals surface area contributed by atoms with E-state index in [0.717, 1.165) is 21.4 Å². The van der Waals surface area contributed by atoms with Gasteiger partial charge in [-0.05, 0) is 11.4 Å². The highest BCUT2D eigenvalue weighted by atomic mass is 35.5. The second-order valence-corrected chi connectivity index (χ2v) is 8.00. The van der Waals surface area contributed by atoms with Gasteiger partial charge in [-0.2, -0.15) is 0 Å². The molecule has 9 heteroatoms. The molecular formula is C16H15ClN4O2S2. The molecule has 0 radical (unpaired) electrons. The van der Waals surface area contributed by atoms with Gasteiger partial charge in [-0.25, -0.2) is 9.78 Å². The third-order valence-corrected chi connectivity index (χ3v) is 6.39. The number of ether oxygens (including phenoxy) is 1. The zero-order valence-electron chi connectivity index (χ0n) is 13.3. The highest BCUT2D eigenvalue weighted by Gasteiger charge is 2.41. The van der Waals surface area contributed by atoms with E-state index in [-0.39, 0.29) is 6.04 Å². The Morgan fingerprint density at radius 3 is 2.92 bits per heavy atom. The minimum atomic E-state index is -0.504. The van der Waals surface area contributed by atoms with Crippen LogP contribution in [0.1, 0.15) is 22.3 Å². The highest BCUT2D eigenvalue weighted by Crippen LogP contribution is 2.43. The molecule has 2 aliphatic rings. The van der Waals surface area contributed by atoms with Gasteiger partial charge in [-0.15, -0.1) is 22.7 Å². The minimum Gasteiger partial charge on any atom is -0.466 e. The molecule has 0 bridgehead atoms. The van der Waals surface area contributed by atoms with Crippen LogP contribution in [-0.4, -0.2) is 41.4 Å². The van der Waals surface area contributed by atoms with Gasteiger partial charge >= 0.3 is 5.97 Å². The number of rotatable bonds is 3. The van der Waals surface area contributed by atoms with E-state index in [1.165, 1.54) is 29.8 Å². The topological polar surface area (TPSA) is 80.8 Å². The summed E-state index contributed by atoms with van der Waals surface area (Å²) >= 11 is 9.33. The molecular weight excluding hydrogens is 380 g/mol. The minimum absolute atomic E-state index is 0.0719. The number of hydrogen-bond acceptors (Lipinski definition) is 8. The summed E-state index contributed by atoms with van der Waals surface area (Å²) in [5.74, 6) is 0.338. The van der Waals surface area contributed by atoms with E-state index in [4.69, 9.17) is 27.1 Å². The first-order valence-corrected chi connectivity index (χ1v) is 9.79. The zero-order valence-corrected chi connectivity index (χ0v) is 15.7. The number of aliphatic imine (C=N–C) groups is 1. The Balaban J connectivity index is 1.92. The SMILES string of the molecule is COC(=O)C1=C2C[C@H](N)CN2C(c2nccs2)=NC1c1sccc1Cl. The largest absolute Gasteiger partial charge is 0.466 e. The summed E-state index contributed by atoms with van der Waals surface area (Å²) in [6, 6.07) is 1.24. The third kappa shape index (κ3) is 2.79. The van der Waals surface area contributed by atoms with E-state index in [0.29, 0.717) is 23.6 Å². The number of carbonyl (C=O) groups is 1. The molecule has 0 spiro atoms. The maximum atomic E-state index is 12.6. The maximum absolute atomic E-state index is 12.6. The van der Waals surface area contributed by atoms with E-state index in [2.05, 4.69) is 4.98 Å². The lowest BCUT2D eigenvalue weighted by Gasteiger charge is -2.30. The normalized spacial score (nSPS) is 22.8. The molecule has 0 amide bonds.